The molecule has 1 aromatic carbocycles. The maximum absolute atomic E-state index is 12.1. The van der Waals surface area contributed by atoms with Crippen LogP contribution in [0.2, 0.25) is 0 Å². The molecule has 0 aliphatic carbocycles. The highest BCUT2D eigenvalue weighted by Crippen LogP contribution is 2.18. The first-order valence-corrected chi connectivity index (χ1v) is 9.51. The second-order valence-corrected chi connectivity index (χ2v) is 7.64. The van der Waals surface area contributed by atoms with Crippen molar-refractivity contribution in [2.24, 2.45) is 0 Å². The molecule has 150 valence electrons. The van der Waals surface area contributed by atoms with Gasteiger partial charge in [-0.3, -0.25) is 0 Å². The van der Waals surface area contributed by atoms with E-state index in [1.807, 2.05) is 45.0 Å². The summed E-state index contributed by atoms with van der Waals surface area (Å²) in [6.45, 7) is 8.87. The summed E-state index contributed by atoms with van der Waals surface area (Å²) in [6, 6.07) is 7.55. The van der Waals surface area contributed by atoms with Crippen molar-refractivity contribution < 1.29 is 19.1 Å². The van der Waals surface area contributed by atoms with Crippen molar-refractivity contribution in [1.29, 1.82) is 0 Å². The molecule has 7 heteroatoms. The van der Waals surface area contributed by atoms with Crippen molar-refractivity contribution in [1.82, 2.24) is 15.5 Å². The number of ether oxygens (including phenoxy) is 2. The third-order valence-electron chi connectivity index (χ3n) is 4.30. The summed E-state index contributed by atoms with van der Waals surface area (Å²) < 4.78 is 11.0. The average molecular weight is 377 g/mol. The summed E-state index contributed by atoms with van der Waals surface area (Å²) in [5.74, 6) is 0.783. The van der Waals surface area contributed by atoms with Crippen LogP contribution in [0.15, 0.2) is 24.3 Å². The summed E-state index contributed by atoms with van der Waals surface area (Å²) in [5, 5.41) is 5.65. The Morgan fingerprint density at radius 2 is 1.85 bits per heavy atom. The molecule has 1 saturated heterocycles. The molecule has 0 aromatic heterocycles. The van der Waals surface area contributed by atoms with Gasteiger partial charge in [0.1, 0.15) is 11.4 Å². The van der Waals surface area contributed by atoms with Gasteiger partial charge < -0.3 is 25.0 Å². The van der Waals surface area contributed by atoms with Gasteiger partial charge in [-0.2, -0.15) is 0 Å². The van der Waals surface area contributed by atoms with Crippen LogP contribution in [0.5, 0.6) is 5.75 Å². The Morgan fingerprint density at radius 3 is 2.48 bits per heavy atom. The lowest BCUT2D eigenvalue weighted by atomic mass is 10.1. The Labute approximate surface area is 161 Å². The molecule has 1 heterocycles. The van der Waals surface area contributed by atoms with Gasteiger partial charge in [0, 0.05) is 19.1 Å². The smallest absolute Gasteiger partial charge is 0.410 e. The minimum Gasteiger partial charge on any atom is -0.473 e. The maximum atomic E-state index is 12.1. The zero-order valence-corrected chi connectivity index (χ0v) is 16.7. The molecule has 1 aromatic rings. The zero-order chi connectivity index (χ0) is 19.9. The molecule has 2 N–H and O–H groups in total. The lowest BCUT2D eigenvalue weighted by Gasteiger charge is -2.33. The zero-order valence-electron chi connectivity index (χ0n) is 16.7. The van der Waals surface area contributed by atoms with E-state index in [-0.39, 0.29) is 24.9 Å². The Balaban J connectivity index is 1.68. The molecule has 2 rings (SSSR count). The molecule has 1 aliphatic rings. The summed E-state index contributed by atoms with van der Waals surface area (Å²) >= 11 is 0. The minimum absolute atomic E-state index is 0.0339. The Bertz CT molecular complexity index is 634. The normalized spacial score (nSPS) is 15.2. The van der Waals surface area contributed by atoms with Crippen LogP contribution in [0.4, 0.5) is 9.59 Å². The largest absolute Gasteiger partial charge is 0.473 e. The number of carbonyl (C=O) groups excluding carboxylic acids is 2. The summed E-state index contributed by atoms with van der Waals surface area (Å²) in [4.78, 5) is 25.8. The number of benzene rings is 1. The fourth-order valence-corrected chi connectivity index (χ4v) is 2.89. The highest BCUT2D eigenvalue weighted by atomic mass is 16.6. The van der Waals surface area contributed by atoms with E-state index < -0.39 is 5.60 Å². The van der Waals surface area contributed by atoms with Crippen molar-refractivity contribution in [3.63, 3.8) is 0 Å². The van der Waals surface area contributed by atoms with E-state index in [1.54, 1.807) is 4.90 Å². The molecule has 0 bridgehead atoms. The number of nitrogens with zero attached hydrogens (tertiary/aromatic N) is 1. The van der Waals surface area contributed by atoms with Crippen LogP contribution in [0, 0.1) is 0 Å². The molecule has 0 radical (unpaired) electrons. The van der Waals surface area contributed by atoms with Crippen LogP contribution >= 0.6 is 0 Å². The fraction of sp³-hybridized carbons (Fsp3) is 0.600. The molecule has 3 amide bonds. The molecule has 1 aliphatic heterocycles. The van der Waals surface area contributed by atoms with Crippen molar-refractivity contribution in [3.8, 4) is 5.75 Å². The predicted octanol–water partition coefficient (Wildman–Crippen LogP) is 3.28. The second kappa shape index (κ2) is 9.48. The highest BCUT2D eigenvalue weighted by molar-refractivity contribution is 5.74. The van der Waals surface area contributed by atoms with Crippen LogP contribution in [0.25, 0.3) is 0 Å². The fourth-order valence-electron chi connectivity index (χ4n) is 2.89. The van der Waals surface area contributed by atoms with E-state index in [4.69, 9.17) is 9.47 Å². The Kier molecular flexibility index (Phi) is 7.33. The van der Waals surface area contributed by atoms with Gasteiger partial charge in [0.05, 0.1) is 0 Å². The minimum atomic E-state index is -0.498. The van der Waals surface area contributed by atoms with Crippen LogP contribution < -0.4 is 15.4 Å². The van der Waals surface area contributed by atoms with Gasteiger partial charge in [-0.25, -0.2) is 9.59 Å². The van der Waals surface area contributed by atoms with E-state index in [2.05, 4.69) is 17.6 Å². The van der Waals surface area contributed by atoms with Crippen LogP contribution in [0.1, 0.15) is 46.1 Å². The van der Waals surface area contributed by atoms with Gasteiger partial charge in [-0.1, -0.05) is 25.1 Å². The monoisotopic (exact) mass is 377 g/mol. The Hall–Kier alpha value is -2.44. The first-order valence-electron chi connectivity index (χ1n) is 9.51. The van der Waals surface area contributed by atoms with Crippen molar-refractivity contribution in [2.45, 2.75) is 58.6 Å². The van der Waals surface area contributed by atoms with Crippen molar-refractivity contribution in [3.05, 3.63) is 29.8 Å². The molecule has 1 fully saturated rings. The third kappa shape index (κ3) is 7.00. The molecular weight excluding hydrogens is 346 g/mol. The van der Waals surface area contributed by atoms with Gasteiger partial charge in [0.25, 0.3) is 0 Å². The Morgan fingerprint density at radius 1 is 1.19 bits per heavy atom. The molecule has 0 unspecified atom stereocenters. The van der Waals surface area contributed by atoms with Crippen molar-refractivity contribution in [2.75, 3.05) is 19.8 Å². The number of carbonyl (C=O) groups is 2. The lowest BCUT2D eigenvalue weighted by molar-refractivity contribution is 0.0201. The van der Waals surface area contributed by atoms with E-state index in [9.17, 15) is 9.59 Å². The van der Waals surface area contributed by atoms with Crippen LogP contribution in [0.3, 0.4) is 0 Å². The van der Waals surface area contributed by atoms with E-state index in [0.717, 1.165) is 17.7 Å². The third-order valence-corrected chi connectivity index (χ3v) is 4.30. The van der Waals surface area contributed by atoms with Gasteiger partial charge in [0.15, 0.2) is 6.73 Å². The number of urea groups is 1. The maximum Gasteiger partial charge on any atom is 0.410 e. The first-order chi connectivity index (χ1) is 12.8. The first kappa shape index (κ1) is 20.9. The number of hydrogen-bond acceptors (Lipinski definition) is 4. The number of piperidine rings is 1. The number of aryl methyl sites for hydroxylation is 1. The molecule has 0 atom stereocenters. The SMILES string of the molecule is CCc1ccccc1OCNC(=O)NC1CCN(C(=O)OC(C)(C)C)CC1. The second-order valence-electron chi connectivity index (χ2n) is 7.64. The molecule has 7 nitrogen and oxygen atoms in total. The number of likely N-dealkylation sites (tertiary alicyclic amines) is 1. The lowest BCUT2D eigenvalue weighted by Crippen LogP contribution is -2.50. The van der Waals surface area contributed by atoms with Gasteiger partial charge >= 0.3 is 12.1 Å². The van der Waals surface area contributed by atoms with Crippen LogP contribution in [-0.4, -0.2) is 48.5 Å². The number of nitrogens with one attached hydrogen (secondary N) is 2. The van der Waals surface area contributed by atoms with Gasteiger partial charge in [0.2, 0.25) is 0 Å². The summed E-state index contributed by atoms with van der Waals surface area (Å²) in [7, 11) is 0. The van der Waals surface area contributed by atoms with Crippen molar-refractivity contribution >= 4 is 12.1 Å². The number of para-hydroxylation sites is 1. The standard InChI is InChI=1S/C20H31N3O4/c1-5-15-8-6-7-9-17(15)26-14-21-18(24)22-16-10-12-23(13-11-16)19(25)27-20(2,3)4/h6-9,16H,5,10-14H2,1-4H3,(H2,21,22,24). The van der Waals surface area contributed by atoms with Gasteiger partial charge in [-0.15, -0.1) is 0 Å². The molecule has 27 heavy (non-hydrogen) atoms. The van der Waals surface area contributed by atoms with E-state index in [0.29, 0.717) is 25.9 Å². The number of amides is 3. The predicted molar refractivity (Wildman–Crippen MR) is 104 cm³/mol. The topological polar surface area (TPSA) is 79.9 Å². The molecule has 0 saturated carbocycles. The van der Waals surface area contributed by atoms with E-state index >= 15 is 0 Å². The number of rotatable bonds is 5. The summed E-state index contributed by atoms with van der Waals surface area (Å²) in [6.07, 6.45) is 1.98. The average Bonchev–Trinajstić information content (AvgIpc) is 2.61. The van der Waals surface area contributed by atoms with Crippen LogP contribution in [-0.2, 0) is 11.2 Å². The van der Waals surface area contributed by atoms with Gasteiger partial charge in [-0.05, 0) is 51.7 Å². The van der Waals surface area contributed by atoms with E-state index in [1.165, 1.54) is 0 Å². The molecule has 0 spiro atoms. The summed E-state index contributed by atoms with van der Waals surface area (Å²) in [5.41, 5.74) is 0.608. The number of hydrogen-bond donors (Lipinski definition) is 2. The molecular formula is C20H31N3O4. The quantitative estimate of drug-likeness (QED) is 0.772. The highest BCUT2D eigenvalue weighted by Gasteiger charge is 2.27.